The van der Waals surface area contributed by atoms with Crippen molar-refractivity contribution in [2.75, 3.05) is 12.4 Å². The number of hydrogen-bond acceptors (Lipinski definition) is 6. The zero-order chi connectivity index (χ0) is 23.2. The van der Waals surface area contributed by atoms with Gasteiger partial charge in [-0.25, -0.2) is 0 Å². The molecule has 4 rings (SSSR count). The number of nitrogens with zero attached hydrogens (tertiary/aromatic N) is 2. The van der Waals surface area contributed by atoms with E-state index in [1.165, 1.54) is 11.3 Å². The number of anilines is 1. The third kappa shape index (κ3) is 5.42. The highest BCUT2D eigenvalue weighted by Gasteiger charge is 2.19. The molecule has 0 unspecified atom stereocenters. The number of aromatic nitrogens is 2. The van der Waals surface area contributed by atoms with Crippen LogP contribution in [0.1, 0.15) is 17.3 Å². The number of amides is 2. The lowest BCUT2D eigenvalue weighted by Crippen LogP contribution is -2.41. The standard InChI is InChI=1S/C25H22N4O3S/c1-16(26-23(31)19-10-8-18(9-11-19)17-6-4-3-5-7-17)22(30)27-25-29-28-24(33-25)20-12-14-21(32-2)15-13-20/h3-16H,1-2H3,(H,26,31)(H,27,29,30)/t16-/m0/s1. The molecule has 0 aliphatic heterocycles. The molecule has 0 aliphatic carbocycles. The van der Waals surface area contributed by atoms with Crippen LogP contribution in [-0.4, -0.2) is 35.2 Å². The number of ether oxygens (including phenoxy) is 1. The molecule has 7 nitrogen and oxygen atoms in total. The van der Waals surface area contributed by atoms with Crippen LogP contribution < -0.4 is 15.4 Å². The first-order valence-corrected chi connectivity index (χ1v) is 11.1. The van der Waals surface area contributed by atoms with Gasteiger partial charge in [-0.1, -0.05) is 53.8 Å². The van der Waals surface area contributed by atoms with Gasteiger partial charge in [0.1, 0.15) is 16.8 Å². The van der Waals surface area contributed by atoms with Crippen molar-refractivity contribution >= 4 is 28.3 Å². The lowest BCUT2D eigenvalue weighted by atomic mass is 10.0. The molecule has 0 saturated carbocycles. The largest absolute Gasteiger partial charge is 0.497 e. The Balaban J connectivity index is 1.34. The third-order valence-corrected chi connectivity index (χ3v) is 5.87. The molecule has 3 aromatic carbocycles. The van der Waals surface area contributed by atoms with Gasteiger partial charge < -0.3 is 10.1 Å². The molecule has 4 aromatic rings. The first-order valence-electron chi connectivity index (χ1n) is 10.3. The van der Waals surface area contributed by atoms with Crippen LogP contribution in [-0.2, 0) is 4.79 Å². The average molecular weight is 459 g/mol. The normalized spacial score (nSPS) is 11.5. The topological polar surface area (TPSA) is 93.2 Å². The Morgan fingerprint density at radius 1 is 0.848 bits per heavy atom. The number of carbonyl (C=O) groups is 2. The van der Waals surface area contributed by atoms with E-state index in [1.807, 2.05) is 66.7 Å². The van der Waals surface area contributed by atoms with Crippen LogP contribution >= 0.6 is 11.3 Å². The van der Waals surface area contributed by atoms with Crippen molar-refractivity contribution < 1.29 is 14.3 Å². The van der Waals surface area contributed by atoms with Crippen molar-refractivity contribution in [2.45, 2.75) is 13.0 Å². The van der Waals surface area contributed by atoms with Crippen LogP contribution in [0.4, 0.5) is 5.13 Å². The van der Waals surface area contributed by atoms with Gasteiger partial charge in [-0.2, -0.15) is 0 Å². The molecule has 2 amide bonds. The predicted molar refractivity (Wildman–Crippen MR) is 129 cm³/mol. The van der Waals surface area contributed by atoms with E-state index < -0.39 is 6.04 Å². The number of carbonyl (C=O) groups excluding carboxylic acids is 2. The maximum absolute atomic E-state index is 12.6. The molecule has 1 atom stereocenters. The van der Waals surface area contributed by atoms with Crippen molar-refractivity contribution in [3.63, 3.8) is 0 Å². The van der Waals surface area contributed by atoms with Crippen molar-refractivity contribution in [3.8, 4) is 27.4 Å². The third-order valence-electron chi connectivity index (χ3n) is 4.99. The molecule has 0 fully saturated rings. The van der Waals surface area contributed by atoms with E-state index in [1.54, 1.807) is 26.2 Å². The van der Waals surface area contributed by atoms with Gasteiger partial charge in [0.25, 0.3) is 5.91 Å². The van der Waals surface area contributed by atoms with Crippen molar-refractivity contribution in [1.82, 2.24) is 15.5 Å². The van der Waals surface area contributed by atoms with Crippen molar-refractivity contribution in [1.29, 1.82) is 0 Å². The predicted octanol–water partition coefficient (Wildman–Crippen LogP) is 4.64. The van der Waals surface area contributed by atoms with Gasteiger partial charge in [-0.15, -0.1) is 10.2 Å². The summed E-state index contributed by atoms with van der Waals surface area (Å²) in [6.07, 6.45) is 0. The fraction of sp³-hybridized carbons (Fsp3) is 0.120. The summed E-state index contributed by atoms with van der Waals surface area (Å²) < 4.78 is 5.15. The number of nitrogens with one attached hydrogen (secondary N) is 2. The summed E-state index contributed by atoms with van der Waals surface area (Å²) in [5.74, 6) is 0.0474. The lowest BCUT2D eigenvalue weighted by molar-refractivity contribution is -0.117. The van der Waals surface area contributed by atoms with E-state index in [-0.39, 0.29) is 11.8 Å². The second kappa shape index (κ2) is 10.1. The van der Waals surface area contributed by atoms with Crippen LogP contribution in [0.3, 0.4) is 0 Å². The monoisotopic (exact) mass is 458 g/mol. The summed E-state index contributed by atoms with van der Waals surface area (Å²) in [5, 5.41) is 14.6. The zero-order valence-corrected chi connectivity index (χ0v) is 18.9. The Morgan fingerprint density at radius 2 is 1.48 bits per heavy atom. The number of benzene rings is 3. The maximum Gasteiger partial charge on any atom is 0.251 e. The van der Waals surface area contributed by atoms with Gasteiger partial charge in [0.15, 0.2) is 0 Å². The summed E-state index contributed by atoms with van der Waals surface area (Å²) in [5.41, 5.74) is 3.44. The molecule has 166 valence electrons. The number of methoxy groups -OCH3 is 1. The van der Waals surface area contributed by atoms with E-state index in [0.717, 1.165) is 22.4 Å². The first kappa shape index (κ1) is 22.2. The van der Waals surface area contributed by atoms with Gasteiger partial charge in [-0.3, -0.25) is 14.9 Å². The minimum absolute atomic E-state index is 0.326. The minimum atomic E-state index is -0.750. The van der Waals surface area contributed by atoms with Gasteiger partial charge in [-0.05, 0) is 54.4 Å². The molecule has 0 spiro atoms. The Morgan fingerprint density at radius 3 is 2.15 bits per heavy atom. The fourth-order valence-corrected chi connectivity index (χ4v) is 3.88. The van der Waals surface area contributed by atoms with Crippen molar-refractivity contribution in [3.05, 3.63) is 84.4 Å². The van der Waals surface area contributed by atoms with Gasteiger partial charge >= 0.3 is 0 Å². The van der Waals surface area contributed by atoms with E-state index in [0.29, 0.717) is 15.7 Å². The smallest absolute Gasteiger partial charge is 0.251 e. The molecule has 33 heavy (non-hydrogen) atoms. The molecular formula is C25H22N4O3S. The number of hydrogen-bond donors (Lipinski definition) is 2. The van der Waals surface area contributed by atoms with E-state index >= 15 is 0 Å². The maximum atomic E-state index is 12.6. The quantitative estimate of drug-likeness (QED) is 0.421. The number of rotatable bonds is 7. The molecule has 1 heterocycles. The Hall–Kier alpha value is -4.04. The van der Waals surface area contributed by atoms with Crippen LogP contribution in [0.5, 0.6) is 5.75 Å². The molecule has 2 N–H and O–H groups in total. The molecule has 0 saturated heterocycles. The summed E-state index contributed by atoms with van der Waals surface area (Å²) in [6.45, 7) is 1.62. The van der Waals surface area contributed by atoms with Crippen LogP contribution in [0.15, 0.2) is 78.9 Å². The van der Waals surface area contributed by atoms with Gasteiger partial charge in [0, 0.05) is 11.1 Å². The molecule has 1 aromatic heterocycles. The molecular weight excluding hydrogens is 436 g/mol. The SMILES string of the molecule is COc1ccc(-c2nnc(NC(=O)[C@H](C)NC(=O)c3ccc(-c4ccccc4)cc3)s2)cc1. The summed E-state index contributed by atoms with van der Waals surface area (Å²) in [4.78, 5) is 25.1. The highest BCUT2D eigenvalue weighted by atomic mass is 32.1. The van der Waals surface area contributed by atoms with Gasteiger partial charge in [0.05, 0.1) is 7.11 Å². The van der Waals surface area contributed by atoms with Crippen LogP contribution in [0, 0.1) is 0 Å². The second-order valence-corrected chi connectivity index (χ2v) is 8.25. The Kier molecular flexibility index (Phi) is 6.75. The fourth-order valence-electron chi connectivity index (χ4n) is 3.13. The highest BCUT2D eigenvalue weighted by molar-refractivity contribution is 7.18. The zero-order valence-electron chi connectivity index (χ0n) is 18.1. The van der Waals surface area contributed by atoms with E-state index in [4.69, 9.17) is 4.74 Å². The van der Waals surface area contributed by atoms with E-state index in [2.05, 4.69) is 20.8 Å². The Labute approximate surface area is 195 Å². The minimum Gasteiger partial charge on any atom is -0.497 e. The molecule has 0 radical (unpaired) electrons. The summed E-state index contributed by atoms with van der Waals surface area (Å²) >= 11 is 1.25. The lowest BCUT2D eigenvalue weighted by Gasteiger charge is -2.13. The first-order chi connectivity index (χ1) is 16.0. The van der Waals surface area contributed by atoms with E-state index in [9.17, 15) is 9.59 Å². The molecule has 0 aliphatic rings. The summed E-state index contributed by atoms with van der Waals surface area (Å²) in [6, 6.07) is 23.8. The Bertz CT molecular complexity index is 1240. The average Bonchev–Trinajstić information content (AvgIpc) is 3.33. The molecule has 8 heteroatoms. The van der Waals surface area contributed by atoms with Gasteiger partial charge in [0.2, 0.25) is 11.0 Å². The van der Waals surface area contributed by atoms with Crippen LogP contribution in [0.25, 0.3) is 21.7 Å². The van der Waals surface area contributed by atoms with Crippen LogP contribution in [0.2, 0.25) is 0 Å². The van der Waals surface area contributed by atoms with Crippen molar-refractivity contribution in [2.24, 2.45) is 0 Å². The second-order valence-electron chi connectivity index (χ2n) is 7.27. The summed E-state index contributed by atoms with van der Waals surface area (Å²) in [7, 11) is 1.60. The highest BCUT2D eigenvalue weighted by Crippen LogP contribution is 2.27. The molecule has 0 bridgehead atoms.